The van der Waals surface area contributed by atoms with Gasteiger partial charge >= 0.3 is 0 Å². The van der Waals surface area contributed by atoms with Crippen molar-refractivity contribution in [3.05, 3.63) is 42.7 Å². The van der Waals surface area contributed by atoms with E-state index in [-0.39, 0.29) is 6.04 Å². The molecule has 0 saturated heterocycles. The molecule has 0 fully saturated rings. The van der Waals surface area contributed by atoms with E-state index in [2.05, 4.69) is 11.6 Å². The van der Waals surface area contributed by atoms with E-state index >= 15 is 0 Å². The van der Waals surface area contributed by atoms with Crippen LogP contribution in [0.2, 0.25) is 0 Å². The highest BCUT2D eigenvalue weighted by Gasteiger charge is 2.02. The van der Waals surface area contributed by atoms with E-state index in [1.54, 1.807) is 12.3 Å². The van der Waals surface area contributed by atoms with Crippen molar-refractivity contribution < 1.29 is 0 Å². The molecular formula is C9H12N2. The molecule has 1 atom stereocenters. The van der Waals surface area contributed by atoms with E-state index in [0.717, 1.165) is 12.1 Å². The first-order valence-corrected chi connectivity index (χ1v) is 3.62. The predicted octanol–water partition coefficient (Wildman–Crippen LogP) is 1.66. The van der Waals surface area contributed by atoms with Gasteiger partial charge in [0.1, 0.15) is 0 Å². The normalized spacial score (nSPS) is 12.5. The van der Waals surface area contributed by atoms with Crippen molar-refractivity contribution in [2.24, 2.45) is 5.73 Å². The standard InChI is InChI=1S/C9H12N2/c1-2-5-8(10)9-6-3-4-7-11-9/h2-4,6-8H,1,5,10H2/t8-/m0/s1. The van der Waals surface area contributed by atoms with Gasteiger partial charge in [-0.05, 0) is 18.6 Å². The lowest BCUT2D eigenvalue weighted by Crippen LogP contribution is -2.10. The van der Waals surface area contributed by atoms with Crippen molar-refractivity contribution in [2.45, 2.75) is 12.5 Å². The molecule has 0 radical (unpaired) electrons. The van der Waals surface area contributed by atoms with Gasteiger partial charge in [-0.2, -0.15) is 0 Å². The van der Waals surface area contributed by atoms with E-state index in [4.69, 9.17) is 5.73 Å². The minimum atomic E-state index is -0.00583. The molecule has 58 valence electrons. The van der Waals surface area contributed by atoms with Crippen molar-refractivity contribution in [1.29, 1.82) is 0 Å². The Labute approximate surface area is 66.8 Å². The highest BCUT2D eigenvalue weighted by molar-refractivity contribution is 5.08. The summed E-state index contributed by atoms with van der Waals surface area (Å²) in [6.45, 7) is 3.62. The van der Waals surface area contributed by atoms with E-state index in [0.29, 0.717) is 0 Å². The van der Waals surface area contributed by atoms with Gasteiger partial charge in [-0.3, -0.25) is 4.98 Å². The number of hydrogen-bond donors (Lipinski definition) is 1. The molecule has 0 spiro atoms. The summed E-state index contributed by atoms with van der Waals surface area (Å²) < 4.78 is 0. The molecule has 2 heteroatoms. The fourth-order valence-corrected chi connectivity index (χ4v) is 0.896. The second-order valence-corrected chi connectivity index (χ2v) is 2.39. The number of nitrogens with two attached hydrogens (primary N) is 1. The Morgan fingerprint density at radius 2 is 2.45 bits per heavy atom. The van der Waals surface area contributed by atoms with Crippen LogP contribution >= 0.6 is 0 Å². The highest BCUT2D eigenvalue weighted by Crippen LogP contribution is 2.09. The molecular weight excluding hydrogens is 136 g/mol. The van der Waals surface area contributed by atoms with Crippen LogP contribution in [0.4, 0.5) is 0 Å². The van der Waals surface area contributed by atoms with Gasteiger partial charge in [-0.1, -0.05) is 12.1 Å². The molecule has 0 aliphatic heterocycles. The lowest BCUT2D eigenvalue weighted by Gasteiger charge is -2.06. The summed E-state index contributed by atoms with van der Waals surface area (Å²) in [5.74, 6) is 0. The van der Waals surface area contributed by atoms with Crippen molar-refractivity contribution in [1.82, 2.24) is 4.98 Å². The van der Waals surface area contributed by atoms with Gasteiger partial charge in [-0.25, -0.2) is 0 Å². The van der Waals surface area contributed by atoms with Gasteiger partial charge in [0.15, 0.2) is 0 Å². The smallest absolute Gasteiger partial charge is 0.0574 e. The van der Waals surface area contributed by atoms with Crippen LogP contribution in [0.25, 0.3) is 0 Å². The molecule has 2 nitrogen and oxygen atoms in total. The van der Waals surface area contributed by atoms with E-state index in [9.17, 15) is 0 Å². The van der Waals surface area contributed by atoms with Crippen molar-refractivity contribution in [3.8, 4) is 0 Å². The van der Waals surface area contributed by atoms with Crippen molar-refractivity contribution in [2.75, 3.05) is 0 Å². The molecule has 0 bridgehead atoms. The van der Waals surface area contributed by atoms with E-state index in [1.807, 2.05) is 18.2 Å². The summed E-state index contributed by atoms with van der Waals surface area (Å²) in [6, 6.07) is 5.73. The Morgan fingerprint density at radius 3 is 3.00 bits per heavy atom. The predicted molar refractivity (Wildman–Crippen MR) is 46.0 cm³/mol. The lowest BCUT2D eigenvalue weighted by molar-refractivity contribution is 0.714. The second-order valence-electron chi connectivity index (χ2n) is 2.39. The van der Waals surface area contributed by atoms with Crippen LogP contribution in [0.1, 0.15) is 18.2 Å². The minimum Gasteiger partial charge on any atom is -0.322 e. The van der Waals surface area contributed by atoms with Gasteiger partial charge in [-0.15, -0.1) is 6.58 Å². The number of pyridine rings is 1. The Morgan fingerprint density at radius 1 is 1.64 bits per heavy atom. The third-order valence-corrected chi connectivity index (χ3v) is 1.49. The van der Waals surface area contributed by atoms with E-state index in [1.165, 1.54) is 0 Å². The first-order chi connectivity index (χ1) is 5.34. The van der Waals surface area contributed by atoms with Crippen molar-refractivity contribution >= 4 is 0 Å². The maximum atomic E-state index is 5.77. The van der Waals surface area contributed by atoms with Crippen molar-refractivity contribution in [3.63, 3.8) is 0 Å². The van der Waals surface area contributed by atoms with Gasteiger partial charge in [0.05, 0.1) is 11.7 Å². The summed E-state index contributed by atoms with van der Waals surface area (Å²) in [5, 5.41) is 0. The summed E-state index contributed by atoms with van der Waals surface area (Å²) in [6.07, 6.45) is 4.33. The van der Waals surface area contributed by atoms with Gasteiger partial charge < -0.3 is 5.73 Å². The zero-order valence-corrected chi connectivity index (χ0v) is 6.40. The van der Waals surface area contributed by atoms with Gasteiger partial charge in [0.2, 0.25) is 0 Å². The largest absolute Gasteiger partial charge is 0.322 e. The Balaban J connectivity index is 2.68. The van der Waals surface area contributed by atoms with Crippen LogP contribution in [-0.4, -0.2) is 4.98 Å². The van der Waals surface area contributed by atoms with Crippen LogP contribution < -0.4 is 5.73 Å². The zero-order valence-electron chi connectivity index (χ0n) is 6.40. The first kappa shape index (κ1) is 7.95. The SMILES string of the molecule is C=CC[C@H](N)c1ccccn1. The maximum absolute atomic E-state index is 5.77. The Hall–Kier alpha value is -1.15. The fourth-order valence-electron chi connectivity index (χ4n) is 0.896. The highest BCUT2D eigenvalue weighted by atomic mass is 14.8. The monoisotopic (exact) mass is 148 g/mol. The summed E-state index contributed by atoms with van der Waals surface area (Å²) in [7, 11) is 0. The third-order valence-electron chi connectivity index (χ3n) is 1.49. The zero-order chi connectivity index (χ0) is 8.10. The maximum Gasteiger partial charge on any atom is 0.0574 e. The Kier molecular flexibility index (Phi) is 2.81. The molecule has 1 heterocycles. The molecule has 0 saturated carbocycles. The number of rotatable bonds is 3. The molecule has 0 amide bonds. The Bertz CT molecular complexity index is 218. The number of aromatic nitrogens is 1. The molecule has 0 aliphatic rings. The fraction of sp³-hybridized carbons (Fsp3) is 0.222. The molecule has 11 heavy (non-hydrogen) atoms. The van der Waals surface area contributed by atoms with Crippen LogP contribution in [0, 0.1) is 0 Å². The van der Waals surface area contributed by atoms with E-state index < -0.39 is 0 Å². The topological polar surface area (TPSA) is 38.9 Å². The molecule has 1 aromatic heterocycles. The quantitative estimate of drug-likeness (QED) is 0.662. The molecule has 2 N–H and O–H groups in total. The number of hydrogen-bond acceptors (Lipinski definition) is 2. The average molecular weight is 148 g/mol. The van der Waals surface area contributed by atoms with Gasteiger partial charge in [0.25, 0.3) is 0 Å². The molecule has 0 unspecified atom stereocenters. The summed E-state index contributed by atoms with van der Waals surface area (Å²) in [4.78, 5) is 4.12. The van der Waals surface area contributed by atoms with Crippen LogP contribution in [0.5, 0.6) is 0 Å². The molecule has 1 aromatic rings. The van der Waals surface area contributed by atoms with Crippen LogP contribution in [-0.2, 0) is 0 Å². The first-order valence-electron chi connectivity index (χ1n) is 3.62. The summed E-state index contributed by atoms with van der Waals surface area (Å²) in [5.41, 5.74) is 6.70. The average Bonchev–Trinajstić information content (AvgIpc) is 2.07. The lowest BCUT2D eigenvalue weighted by atomic mass is 10.1. The second kappa shape index (κ2) is 3.88. The van der Waals surface area contributed by atoms with Crippen LogP contribution in [0.3, 0.4) is 0 Å². The van der Waals surface area contributed by atoms with Gasteiger partial charge in [0, 0.05) is 6.20 Å². The summed E-state index contributed by atoms with van der Waals surface area (Å²) >= 11 is 0. The molecule has 0 aromatic carbocycles. The van der Waals surface area contributed by atoms with Crippen LogP contribution in [0.15, 0.2) is 37.1 Å². The molecule has 1 rings (SSSR count). The number of nitrogens with zero attached hydrogens (tertiary/aromatic N) is 1. The molecule has 0 aliphatic carbocycles. The third kappa shape index (κ3) is 2.16. The minimum absolute atomic E-state index is 0.00583.